The third-order valence-corrected chi connectivity index (χ3v) is 1.08. The maximum atomic E-state index is 7.32. The summed E-state index contributed by atoms with van der Waals surface area (Å²) < 4.78 is 0. The summed E-state index contributed by atoms with van der Waals surface area (Å²) in [5, 5.41) is 13.9. The number of nitrogens with one attached hydrogen (secondary N) is 1. The van der Waals surface area contributed by atoms with Crippen LogP contribution in [-0.2, 0) is 0 Å². The first-order valence-corrected chi connectivity index (χ1v) is 2.99. The van der Waals surface area contributed by atoms with E-state index in [9.17, 15) is 0 Å². The van der Waals surface area contributed by atoms with Gasteiger partial charge in [0.1, 0.15) is 0 Å². The van der Waals surface area contributed by atoms with Gasteiger partial charge in [0.05, 0.1) is 12.3 Å². The molecule has 0 fully saturated rings. The quantitative estimate of drug-likeness (QED) is 0.589. The third kappa shape index (κ3) is 2.88. The first kappa shape index (κ1) is 8.70. The fourth-order valence-electron chi connectivity index (χ4n) is 0.411. The summed E-state index contributed by atoms with van der Waals surface area (Å²) in [4.78, 5) is 0. The minimum atomic E-state index is 1.15. The second-order valence-corrected chi connectivity index (χ2v) is 1.90. The van der Waals surface area contributed by atoms with E-state index in [4.69, 9.17) is 5.26 Å². The van der Waals surface area contributed by atoms with E-state index in [0.717, 1.165) is 5.69 Å². The maximum Gasteiger partial charge on any atom is 0.0587 e. The van der Waals surface area contributed by atoms with Crippen LogP contribution in [0.1, 0.15) is 18.2 Å². The number of aromatic nitrogens is 2. The number of nitriles is 1. The average molecular weight is 137 g/mol. The second-order valence-electron chi connectivity index (χ2n) is 1.90. The second kappa shape index (κ2) is 4.57. The van der Waals surface area contributed by atoms with Gasteiger partial charge >= 0.3 is 0 Å². The Morgan fingerprint density at radius 1 is 1.60 bits per heavy atom. The van der Waals surface area contributed by atoms with Crippen molar-refractivity contribution in [1.82, 2.24) is 10.2 Å². The Labute approximate surface area is 60.7 Å². The van der Waals surface area contributed by atoms with Crippen LogP contribution in [-0.4, -0.2) is 10.2 Å². The highest BCUT2D eigenvalue weighted by atomic mass is 15.1. The lowest BCUT2D eigenvalue weighted by Gasteiger charge is -1.78. The van der Waals surface area contributed by atoms with Crippen molar-refractivity contribution in [2.24, 2.45) is 0 Å². The van der Waals surface area contributed by atoms with E-state index in [1.54, 1.807) is 6.07 Å². The Morgan fingerprint density at radius 3 is 2.20 bits per heavy atom. The number of rotatable bonds is 0. The van der Waals surface area contributed by atoms with Crippen molar-refractivity contribution in [1.29, 1.82) is 5.26 Å². The zero-order chi connectivity index (χ0) is 7.98. The average Bonchev–Trinajstić information content (AvgIpc) is 2.19. The summed E-state index contributed by atoms with van der Waals surface area (Å²) in [6.45, 7) is 5.46. The van der Waals surface area contributed by atoms with E-state index >= 15 is 0 Å². The van der Waals surface area contributed by atoms with Crippen molar-refractivity contribution in [2.45, 2.75) is 20.8 Å². The maximum absolute atomic E-state index is 7.32. The SMILES string of the molecule is CC#N.Cc1cn[nH]c1C. The van der Waals surface area contributed by atoms with E-state index in [-0.39, 0.29) is 0 Å². The van der Waals surface area contributed by atoms with Crippen LogP contribution < -0.4 is 0 Å². The molecular weight excluding hydrogens is 126 g/mol. The number of H-pyrrole nitrogens is 1. The summed E-state index contributed by atoms with van der Waals surface area (Å²) in [5.74, 6) is 0. The predicted octanol–water partition coefficient (Wildman–Crippen LogP) is 1.56. The van der Waals surface area contributed by atoms with Crippen molar-refractivity contribution in [3.05, 3.63) is 17.5 Å². The van der Waals surface area contributed by atoms with Crippen LogP contribution in [0, 0.1) is 25.2 Å². The summed E-state index contributed by atoms with van der Waals surface area (Å²) >= 11 is 0. The molecule has 1 rings (SSSR count). The van der Waals surface area contributed by atoms with Crippen molar-refractivity contribution >= 4 is 0 Å². The number of aryl methyl sites for hydroxylation is 2. The summed E-state index contributed by atoms with van der Waals surface area (Å²) in [6.07, 6.45) is 1.81. The Kier molecular flexibility index (Phi) is 3.97. The Balaban J connectivity index is 0.000000236. The fourth-order valence-corrected chi connectivity index (χ4v) is 0.411. The topological polar surface area (TPSA) is 52.5 Å². The Morgan fingerprint density at radius 2 is 2.10 bits per heavy atom. The molecule has 1 heterocycles. The molecule has 0 amide bonds. The van der Waals surface area contributed by atoms with Gasteiger partial charge in [-0.3, -0.25) is 5.10 Å². The van der Waals surface area contributed by atoms with E-state index in [1.807, 2.05) is 20.0 Å². The molecule has 3 heteroatoms. The highest BCUT2D eigenvalue weighted by molar-refractivity contribution is 5.10. The van der Waals surface area contributed by atoms with E-state index in [0.29, 0.717) is 0 Å². The van der Waals surface area contributed by atoms with Crippen LogP contribution in [0.15, 0.2) is 6.20 Å². The molecule has 54 valence electrons. The highest BCUT2D eigenvalue weighted by Gasteiger charge is 1.87. The molecule has 0 aliphatic carbocycles. The molecule has 0 saturated heterocycles. The molecular formula is C7H11N3. The van der Waals surface area contributed by atoms with Crippen LogP contribution >= 0.6 is 0 Å². The molecule has 0 radical (unpaired) electrons. The molecule has 10 heavy (non-hydrogen) atoms. The Hall–Kier alpha value is -1.30. The molecule has 3 nitrogen and oxygen atoms in total. The van der Waals surface area contributed by atoms with Gasteiger partial charge < -0.3 is 0 Å². The van der Waals surface area contributed by atoms with E-state index in [2.05, 4.69) is 10.2 Å². The van der Waals surface area contributed by atoms with Gasteiger partial charge in [0.2, 0.25) is 0 Å². The first-order valence-electron chi connectivity index (χ1n) is 2.99. The molecule has 0 unspecified atom stereocenters. The fraction of sp³-hybridized carbons (Fsp3) is 0.429. The van der Waals surface area contributed by atoms with Crippen molar-refractivity contribution in [2.75, 3.05) is 0 Å². The molecule has 1 N–H and O–H groups in total. The zero-order valence-electron chi connectivity index (χ0n) is 6.47. The summed E-state index contributed by atoms with van der Waals surface area (Å²) in [5.41, 5.74) is 2.38. The molecule has 0 bridgehead atoms. The minimum absolute atomic E-state index is 1.15. The highest BCUT2D eigenvalue weighted by Crippen LogP contribution is 1.96. The van der Waals surface area contributed by atoms with Gasteiger partial charge in [0.25, 0.3) is 0 Å². The van der Waals surface area contributed by atoms with Crippen LogP contribution in [0.4, 0.5) is 0 Å². The summed E-state index contributed by atoms with van der Waals surface area (Å²) in [6, 6.07) is 1.75. The number of nitrogens with zero attached hydrogens (tertiary/aromatic N) is 2. The monoisotopic (exact) mass is 137 g/mol. The van der Waals surface area contributed by atoms with Crippen LogP contribution in [0.3, 0.4) is 0 Å². The lowest BCUT2D eigenvalue weighted by molar-refractivity contribution is 1.04. The zero-order valence-corrected chi connectivity index (χ0v) is 6.47. The van der Waals surface area contributed by atoms with Crippen LogP contribution in [0.25, 0.3) is 0 Å². The third-order valence-electron chi connectivity index (χ3n) is 1.08. The largest absolute Gasteiger partial charge is 0.283 e. The standard InChI is InChI=1S/C5H8N2.C2H3N/c1-4-3-6-7-5(4)2;1-2-3/h3H,1-2H3,(H,6,7);1H3. The molecule has 0 saturated carbocycles. The van der Waals surface area contributed by atoms with Gasteiger partial charge in [0.15, 0.2) is 0 Å². The molecule has 0 aliphatic heterocycles. The molecule has 0 atom stereocenters. The number of hydrogen-bond acceptors (Lipinski definition) is 2. The van der Waals surface area contributed by atoms with E-state index in [1.165, 1.54) is 12.5 Å². The minimum Gasteiger partial charge on any atom is -0.283 e. The van der Waals surface area contributed by atoms with Gasteiger partial charge in [-0.05, 0) is 19.4 Å². The van der Waals surface area contributed by atoms with Crippen molar-refractivity contribution < 1.29 is 0 Å². The lowest BCUT2D eigenvalue weighted by Crippen LogP contribution is -1.70. The van der Waals surface area contributed by atoms with Crippen LogP contribution in [0.5, 0.6) is 0 Å². The summed E-state index contributed by atoms with van der Waals surface area (Å²) in [7, 11) is 0. The van der Waals surface area contributed by atoms with Crippen LogP contribution in [0.2, 0.25) is 0 Å². The predicted molar refractivity (Wildman–Crippen MR) is 39.3 cm³/mol. The van der Waals surface area contributed by atoms with Gasteiger partial charge in [-0.15, -0.1) is 0 Å². The van der Waals surface area contributed by atoms with Gasteiger partial charge in [-0.2, -0.15) is 10.4 Å². The smallest absolute Gasteiger partial charge is 0.0587 e. The molecule has 1 aromatic rings. The van der Waals surface area contributed by atoms with E-state index < -0.39 is 0 Å². The number of aromatic amines is 1. The van der Waals surface area contributed by atoms with Crippen molar-refractivity contribution in [3.8, 4) is 6.07 Å². The van der Waals surface area contributed by atoms with Crippen molar-refractivity contribution in [3.63, 3.8) is 0 Å². The normalized spacial score (nSPS) is 7.40. The molecule has 0 aliphatic rings. The van der Waals surface area contributed by atoms with Gasteiger partial charge in [0, 0.05) is 12.6 Å². The first-order chi connectivity index (χ1) is 4.72. The number of hydrogen-bond donors (Lipinski definition) is 1. The molecule has 0 aromatic carbocycles. The Bertz CT molecular complexity index is 203. The molecule has 0 spiro atoms. The molecule has 1 aromatic heterocycles. The van der Waals surface area contributed by atoms with Gasteiger partial charge in [-0.1, -0.05) is 0 Å². The lowest BCUT2D eigenvalue weighted by atomic mass is 10.3. The van der Waals surface area contributed by atoms with Gasteiger partial charge in [-0.25, -0.2) is 0 Å².